The van der Waals surface area contributed by atoms with E-state index in [1.807, 2.05) is 50.4 Å². The fraction of sp³-hybridized carbons (Fsp3) is 0.250. The number of rotatable bonds is 7. The molecule has 26 heavy (non-hydrogen) atoms. The van der Waals surface area contributed by atoms with E-state index in [2.05, 4.69) is 39.4 Å². The van der Waals surface area contributed by atoms with Crippen LogP contribution in [-0.2, 0) is 11.2 Å². The maximum Gasteiger partial charge on any atom is 0.233 e. The van der Waals surface area contributed by atoms with Gasteiger partial charge in [0.1, 0.15) is 5.82 Å². The number of benzene rings is 2. The number of hydrogen-bond acceptors (Lipinski definition) is 4. The van der Waals surface area contributed by atoms with Crippen molar-refractivity contribution in [1.29, 1.82) is 0 Å². The van der Waals surface area contributed by atoms with Crippen LogP contribution < -0.4 is 0 Å². The third-order valence-corrected chi connectivity index (χ3v) is 5.01. The van der Waals surface area contributed by atoms with Gasteiger partial charge in [-0.2, -0.15) is 0 Å². The largest absolute Gasteiger partial charge is 0.334 e. The lowest BCUT2D eigenvalue weighted by Gasteiger charge is -2.29. The number of thioether (sulfide) groups is 1. The number of aromatic amines is 1. The molecule has 1 heterocycles. The average Bonchev–Trinajstić information content (AvgIpc) is 3.16. The highest BCUT2D eigenvalue weighted by Crippen LogP contribution is 2.28. The summed E-state index contributed by atoms with van der Waals surface area (Å²) in [5.41, 5.74) is 2.18. The van der Waals surface area contributed by atoms with Gasteiger partial charge in [-0.05, 0) is 11.1 Å². The number of nitrogens with zero attached hydrogens (tertiary/aromatic N) is 3. The molecule has 0 fully saturated rings. The number of amides is 1. The summed E-state index contributed by atoms with van der Waals surface area (Å²) in [6.07, 6.45) is 0.797. The van der Waals surface area contributed by atoms with Gasteiger partial charge in [0.05, 0.1) is 11.8 Å². The first-order valence-electron chi connectivity index (χ1n) is 8.58. The number of hydrogen-bond donors (Lipinski definition) is 1. The molecule has 0 radical (unpaired) electrons. The minimum Gasteiger partial charge on any atom is -0.334 e. The van der Waals surface area contributed by atoms with Crippen molar-refractivity contribution in [2.24, 2.45) is 0 Å². The van der Waals surface area contributed by atoms with Crippen LogP contribution in [0.15, 0.2) is 65.8 Å². The fourth-order valence-electron chi connectivity index (χ4n) is 2.78. The molecule has 1 aromatic heterocycles. The molecule has 0 atom stereocenters. The van der Waals surface area contributed by atoms with Crippen LogP contribution in [0.2, 0.25) is 0 Å². The van der Waals surface area contributed by atoms with Crippen molar-refractivity contribution in [3.8, 4) is 0 Å². The summed E-state index contributed by atoms with van der Waals surface area (Å²) in [5, 5.41) is 7.62. The fourth-order valence-corrected chi connectivity index (χ4v) is 3.52. The molecule has 2 aromatic carbocycles. The number of H-pyrrole nitrogens is 1. The lowest BCUT2D eigenvalue weighted by atomic mass is 9.97. The second-order valence-electron chi connectivity index (χ2n) is 5.94. The van der Waals surface area contributed by atoms with Crippen molar-refractivity contribution < 1.29 is 4.79 Å². The molecule has 134 valence electrons. The predicted octanol–water partition coefficient (Wildman–Crippen LogP) is 3.71. The minimum absolute atomic E-state index is 0.0376. The molecular formula is C20H22N4OS. The molecule has 3 aromatic rings. The quantitative estimate of drug-likeness (QED) is 0.648. The number of carbonyl (C=O) groups is 1. The molecule has 3 rings (SSSR count). The van der Waals surface area contributed by atoms with Gasteiger partial charge in [0.2, 0.25) is 11.1 Å². The zero-order valence-corrected chi connectivity index (χ0v) is 15.7. The molecule has 1 amide bonds. The Kier molecular flexibility index (Phi) is 6.07. The summed E-state index contributed by atoms with van der Waals surface area (Å²) in [5.74, 6) is 1.17. The number of carbonyl (C=O) groups excluding carboxylic acids is 1. The molecule has 0 unspecified atom stereocenters. The van der Waals surface area contributed by atoms with Gasteiger partial charge in [0.25, 0.3) is 0 Å². The van der Waals surface area contributed by atoms with Gasteiger partial charge < -0.3 is 4.90 Å². The van der Waals surface area contributed by atoms with E-state index in [1.165, 1.54) is 11.8 Å². The number of nitrogens with one attached hydrogen (secondary N) is 1. The Morgan fingerprint density at radius 3 is 2.15 bits per heavy atom. The summed E-state index contributed by atoms with van der Waals surface area (Å²) >= 11 is 1.36. The summed E-state index contributed by atoms with van der Waals surface area (Å²) < 4.78 is 0. The number of aryl methyl sites for hydroxylation is 1. The van der Waals surface area contributed by atoms with E-state index in [0.717, 1.165) is 23.4 Å². The smallest absolute Gasteiger partial charge is 0.233 e. The first-order valence-corrected chi connectivity index (χ1v) is 9.57. The van der Waals surface area contributed by atoms with Crippen molar-refractivity contribution in [3.05, 3.63) is 77.6 Å². The molecule has 1 N–H and O–H groups in total. The minimum atomic E-state index is -0.121. The van der Waals surface area contributed by atoms with E-state index in [4.69, 9.17) is 0 Å². The number of aromatic nitrogens is 3. The van der Waals surface area contributed by atoms with Crippen LogP contribution in [0.5, 0.6) is 0 Å². The second-order valence-corrected chi connectivity index (χ2v) is 6.88. The summed E-state index contributed by atoms with van der Waals surface area (Å²) in [6, 6.07) is 20.1. The molecule has 5 nitrogen and oxygen atoms in total. The zero-order valence-electron chi connectivity index (χ0n) is 14.9. The van der Waals surface area contributed by atoms with E-state index in [9.17, 15) is 4.79 Å². The van der Waals surface area contributed by atoms with Crippen LogP contribution in [0.3, 0.4) is 0 Å². The van der Waals surface area contributed by atoms with Crippen molar-refractivity contribution in [1.82, 2.24) is 20.1 Å². The van der Waals surface area contributed by atoms with Crippen molar-refractivity contribution in [2.75, 3.05) is 12.8 Å². The predicted molar refractivity (Wildman–Crippen MR) is 104 cm³/mol. The van der Waals surface area contributed by atoms with Gasteiger partial charge >= 0.3 is 0 Å². The summed E-state index contributed by atoms with van der Waals surface area (Å²) in [4.78, 5) is 19.0. The Bertz CT molecular complexity index is 796. The highest BCUT2D eigenvalue weighted by Gasteiger charge is 2.23. The van der Waals surface area contributed by atoms with E-state index in [0.29, 0.717) is 10.9 Å². The topological polar surface area (TPSA) is 61.9 Å². The molecule has 0 aliphatic rings. The van der Waals surface area contributed by atoms with Crippen LogP contribution >= 0.6 is 11.8 Å². The first kappa shape index (κ1) is 18.2. The maximum atomic E-state index is 12.8. The molecule has 0 saturated heterocycles. The Hall–Kier alpha value is -2.60. The monoisotopic (exact) mass is 366 g/mol. The highest BCUT2D eigenvalue weighted by atomic mass is 32.2. The Morgan fingerprint density at radius 1 is 1.08 bits per heavy atom. The average molecular weight is 366 g/mol. The van der Waals surface area contributed by atoms with Gasteiger partial charge in [-0.25, -0.2) is 4.98 Å². The van der Waals surface area contributed by atoms with E-state index >= 15 is 0 Å². The van der Waals surface area contributed by atoms with Crippen molar-refractivity contribution >= 4 is 17.7 Å². The molecule has 0 aliphatic carbocycles. The standard InChI is InChI=1S/C20H22N4OS/c1-3-17-21-20(23-22-17)26-14-18(25)24(2)19(15-10-6-4-7-11-15)16-12-8-5-9-13-16/h4-13,19H,3,14H2,1-2H3,(H,21,22,23). The van der Waals surface area contributed by atoms with Crippen molar-refractivity contribution in [3.63, 3.8) is 0 Å². The zero-order chi connectivity index (χ0) is 18.4. The second kappa shape index (κ2) is 8.67. The van der Waals surface area contributed by atoms with Crippen molar-refractivity contribution in [2.45, 2.75) is 24.5 Å². The van der Waals surface area contributed by atoms with Gasteiger partial charge in [-0.15, -0.1) is 5.10 Å². The van der Waals surface area contributed by atoms with Crippen LogP contribution in [0.1, 0.15) is 29.9 Å². The SMILES string of the molecule is CCc1nc(SCC(=O)N(C)C(c2ccccc2)c2ccccc2)n[nH]1. The molecule has 0 aliphatic heterocycles. The van der Waals surface area contributed by atoms with Crippen LogP contribution in [-0.4, -0.2) is 38.8 Å². The Morgan fingerprint density at radius 2 is 1.65 bits per heavy atom. The maximum absolute atomic E-state index is 12.8. The van der Waals surface area contributed by atoms with Gasteiger partial charge in [0, 0.05) is 13.5 Å². The van der Waals surface area contributed by atoms with Crippen LogP contribution in [0.4, 0.5) is 0 Å². The van der Waals surface area contributed by atoms with Gasteiger partial charge in [0.15, 0.2) is 0 Å². The van der Waals surface area contributed by atoms with E-state index in [-0.39, 0.29) is 11.9 Å². The van der Waals surface area contributed by atoms with Crippen LogP contribution in [0.25, 0.3) is 0 Å². The van der Waals surface area contributed by atoms with E-state index in [1.54, 1.807) is 4.90 Å². The third-order valence-electron chi connectivity index (χ3n) is 4.18. The molecule has 6 heteroatoms. The highest BCUT2D eigenvalue weighted by molar-refractivity contribution is 7.99. The van der Waals surface area contributed by atoms with Crippen LogP contribution in [0, 0.1) is 0 Å². The lowest BCUT2D eigenvalue weighted by molar-refractivity contribution is -0.128. The van der Waals surface area contributed by atoms with Gasteiger partial charge in [-0.3, -0.25) is 9.89 Å². The third kappa shape index (κ3) is 4.32. The molecule has 0 spiro atoms. The summed E-state index contributed by atoms with van der Waals surface area (Å²) in [6.45, 7) is 2.01. The lowest BCUT2D eigenvalue weighted by Crippen LogP contribution is -2.33. The normalized spacial score (nSPS) is 10.9. The first-order chi connectivity index (χ1) is 12.7. The molecule has 0 bridgehead atoms. The van der Waals surface area contributed by atoms with E-state index < -0.39 is 0 Å². The molecule has 0 saturated carbocycles. The molecular weight excluding hydrogens is 344 g/mol. The Labute approximate surface area is 157 Å². The summed E-state index contributed by atoms with van der Waals surface area (Å²) in [7, 11) is 1.85. The van der Waals surface area contributed by atoms with Gasteiger partial charge in [-0.1, -0.05) is 79.3 Å². The Balaban J connectivity index is 1.76.